The van der Waals surface area contributed by atoms with Gasteiger partial charge in [-0.3, -0.25) is 57.5 Å². The number of rotatable bonds is 19. The Bertz CT molecular complexity index is 3260. The average Bonchev–Trinajstić information content (AvgIpc) is 1.60. The van der Waals surface area contributed by atoms with Crippen molar-refractivity contribution in [2.45, 2.75) is 179 Å². The highest BCUT2D eigenvalue weighted by molar-refractivity contribution is 6.01. The van der Waals surface area contributed by atoms with Crippen molar-refractivity contribution in [2.75, 3.05) is 13.1 Å². The number of fused-ring (bicyclic) bond motifs is 2. The summed E-state index contributed by atoms with van der Waals surface area (Å²) >= 11 is 0. The predicted molar refractivity (Wildman–Crippen MR) is 340 cm³/mol. The Hall–Kier alpha value is -9.40. The first-order valence-corrected chi connectivity index (χ1v) is 31.4. The molecular weight excluding hydrogens is 1180 g/mol. The van der Waals surface area contributed by atoms with Gasteiger partial charge in [-0.2, -0.15) is 0 Å². The van der Waals surface area contributed by atoms with Crippen molar-refractivity contribution in [1.82, 2.24) is 57.7 Å². The van der Waals surface area contributed by atoms with Crippen LogP contribution in [0, 0.1) is 17.8 Å². The van der Waals surface area contributed by atoms with E-state index in [9.17, 15) is 53.1 Å². The number of carbonyl (C=O) groups is 12. The van der Waals surface area contributed by atoms with Crippen molar-refractivity contribution < 1.29 is 62.6 Å². The van der Waals surface area contributed by atoms with E-state index in [0.717, 1.165) is 0 Å². The molecule has 3 aromatic carbocycles. The number of amides is 12. The third-order valence-corrected chi connectivity index (χ3v) is 16.1. The number of benzene rings is 3. The SMILES string of the molecule is CC(C)C[C@@H]1NC(=O)[C@@H](Cc2ccccc2)NC(=O)[C@@H]2CCCN2C(=O)[C@H](CC(C)C)NC(=O)[C@@H](Cc2c[nH]c3ccccc23)NC(=O)[C@H](CC(N)=O)NC(=O)[C@H](CCC(N)=O)NC(=O)[C@H](Cc2ccc(O)cc2)NC(=O)[C@H](C(C)C)NC(=O)[C@H](CCCN)NC1=O. The summed E-state index contributed by atoms with van der Waals surface area (Å²) < 4.78 is 0. The quantitative estimate of drug-likeness (QED) is 0.0583. The highest BCUT2D eigenvalue weighted by Crippen LogP contribution is 2.24. The predicted octanol–water partition coefficient (Wildman–Crippen LogP) is -0.103. The zero-order valence-electron chi connectivity index (χ0n) is 53.0. The zero-order chi connectivity index (χ0) is 67.3. The van der Waals surface area contributed by atoms with Gasteiger partial charge in [0.2, 0.25) is 70.9 Å². The summed E-state index contributed by atoms with van der Waals surface area (Å²) in [5, 5.41) is 35.1. The van der Waals surface area contributed by atoms with Crippen molar-refractivity contribution in [3.63, 3.8) is 0 Å². The van der Waals surface area contributed by atoms with Gasteiger partial charge in [0.05, 0.1) is 6.42 Å². The van der Waals surface area contributed by atoms with Crippen LogP contribution in [0.15, 0.2) is 85.1 Å². The molecule has 92 heavy (non-hydrogen) atoms. The lowest BCUT2D eigenvalue weighted by atomic mass is 9.98. The lowest BCUT2D eigenvalue weighted by Crippen LogP contribution is -2.62. The van der Waals surface area contributed by atoms with Crippen LogP contribution >= 0.6 is 0 Å². The highest BCUT2D eigenvalue weighted by Gasteiger charge is 2.42. The lowest BCUT2D eigenvalue weighted by Gasteiger charge is -2.32. The molecule has 0 spiro atoms. The molecule has 0 saturated carbocycles. The maximum atomic E-state index is 15.0. The molecule has 2 aliphatic heterocycles. The Labute approximate surface area is 534 Å². The van der Waals surface area contributed by atoms with Gasteiger partial charge in [0.1, 0.15) is 66.2 Å². The molecule has 2 saturated heterocycles. The minimum absolute atomic E-state index is 0.0258. The molecule has 27 nitrogen and oxygen atoms in total. The molecule has 27 heteroatoms. The third-order valence-electron chi connectivity index (χ3n) is 16.1. The second kappa shape index (κ2) is 34.1. The number of carbonyl (C=O) groups excluding carboxylic acids is 12. The second-order valence-electron chi connectivity index (χ2n) is 24.9. The molecule has 2 aliphatic rings. The Morgan fingerprint density at radius 3 is 1.60 bits per heavy atom. The van der Waals surface area contributed by atoms with Gasteiger partial charge in [-0.1, -0.05) is 102 Å². The van der Waals surface area contributed by atoms with Crippen molar-refractivity contribution in [3.8, 4) is 5.75 Å². The monoisotopic (exact) mass is 1270 g/mol. The van der Waals surface area contributed by atoms with Gasteiger partial charge in [0, 0.05) is 49.3 Å². The Kier molecular flexibility index (Phi) is 26.6. The number of nitrogens with zero attached hydrogens (tertiary/aromatic N) is 1. The summed E-state index contributed by atoms with van der Waals surface area (Å²) in [6.07, 6.45) is 0.0636. The van der Waals surface area contributed by atoms with Crippen LogP contribution in [0.1, 0.15) is 116 Å². The van der Waals surface area contributed by atoms with Crippen LogP contribution in [0.25, 0.3) is 10.9 Å². The number of nitrogens with two attached hydrogens (primary N) is 3. The molecule has 0 bridgehead atoms. The number of H-pyrrole nitrogens is 1. The molecular formula is C65H90N14O13. The van der Waals surface area contributed by atoms with Gasteiger partial charge in [-0.15, -0.1) is 0 Å². The minimum atomic E-state index is -1.85. The van der Waals surface area contributed by atoms with Crippen LogP contribution in [0.4, 0.5) is 0 Å². The van der Waals surface area contributed by atoms with Crippen LogP contribution in [-0.2, 0) is 76.8 Å². The smallest absolute Gasteiger partial charge is 0.245 e. The summed E-state index contributed by atoms with van der Waals surface area (Å²) in [4.78, 5) is 177. The van der Waals surface area contributed by atoms with Gasteiger partial charge in [-0.25, -0.2) is 0 Å². The second-order valence-corrected chi connectivity index (χ2v) is 24.9. The van der Waals surface area contributed by atoms with E-state index >= 15 is 9.59 Å². The summed E-state index contributed by atoms with van der Waals surface area (Å²) in [7, 11) is 0. The number of aromatic nitrogens is 1. The number of phenols is 1. The van der Waals surface area contributed by atoms with Gasteiger partial charge >= 0.3 is 0 Å². The van der Waals surface area contributed by atoms with Crippen LogP contribution in [0.3, 0.4) is 0 Å². The molecule has 4 aromatic rings. The molecule has 0 radical (unpaired) electrons. The summed E-state index contributed by atoms with van der Waals surface area (Å²) in [6.45, 7) is 10.7. The fourth-order valence-electron chi connectivity index (χ4n) is 11.3. The first-order valence-electron chi connectivity index (χ1n) is 31.4. The van der Waals surface area contributed by atoms with Crippen LogP contribution in [0.2, 0.25) is 0 Å². The molecule has 1 aromatic heterocycles. The lowest BCUT2D eigenvalue weighted by molar-refractivity contribution is -0.143. The van der Waals surface area contributed by atoms with E-state index < -0.39 is 156 Å². The molecule has 17 N–H and O–H groups in total. The van der Waals surface area contributed by atoms with Crippen molar-refractivity contribution in [1.29, 1.82) is 0 Å². The number of primary amides is 2. The number of hydrogen-bond donors (Lipinski definition) is 14. The maximum Gasteiger partial charge on any atom is 0.245 e. The van der Waals surface area contributed by atoms with Crippen molar-refractivity contribution in [3.05, 3.63) is 102 Å². The van der Waals surface area contributed by atoms with Crippen molar-refractivity contribution >= 4 is 81.8 Å². The zero-order valence-corrected chi connectivity index (χ0v) is 53.0. The molecule has 498 valence electrons. The number of aromatic amines is 1. The van der Waals surface area contributed by atoms with E-state index in [-0.39, 0.29) is 82.0 Å². The normalized spacial score (nSPS) is 24.1. The van der Waals surface area contributed by atoms with Gasteiger partial charge in [0.15, 0.2) is 0 Å². The minimum Gasteiger partial charge on any atom is -0.508 e. The summed E-state index contributed by atoms with van der Waals surface area (Å²) in [5.74, 6) is -11.9. The number of hydrogen-bond acceptors (Lipinski definition) is 14. The number of nitrogens with one attached hydrogen (secondary N) is 10. The fraction of sp³-hybridized carbons (Fsp3) is 0.508. The van der Waals surface area contributed by atoms with Gasteiger partial charge in [-0.05, 0) is 104 Å². The molecule has 10 atom stereocenters. The fourth-order valence-corrected chi connectivity index (χ4v) is 11.3. The van der Waals surface area contributed by atoms with Crippen molar-refractivity contribution in [2.24, 2.45) is 35.0 Å². The standard InChI is InChI=1S/C65H90N14O13/c1-35(2)28-46-58(85)70-44(18-12-26-66)57(84)78-55(37(5)6)64(91)76-48(31-39-20-22-41(80)23-21-39)59(86)71-45(24-25-53(67)81)56(83)74-50(33-54(68)82)62(89)73-49(32-40-34-69-43-17-11-10-16-42(40)43)61(88)77-51(29-36(3)4)65(92)79-27-13-19-52(79)63(90)75-47(60(87)72-46)30-38-14-8-7-9-15-38/h7-11,14-17,20-23,34-37,44-52,55,69,80H,12-13,18-19,24-33,66H2,1-6H3,(H2,67,81)(H2,68,82)(H,70,85)(H,71,86)(H,72,87)(H,73,89)(H,74,83)(H,75,90)(H,76,91)(H,77,88)(H,78,84)/t44-,45-,46-,47+,48-,49+,50-,51-,52-,55-/m0/s1. The molecule has 2 fully saturated rings. The molecule has 0 aliphatic carbocycles. The Morgan fingerprint density at radius 2 is 1.00 bits per heavy atom. The summed E-state index contributed by atoms with van der Waals surface area (Å²) in [6, 6.07) is 7.07. The van der Waals surface area contributed by atoms with E-state index in [0.29, 0.717) is 34.0 Å². The van der Waals surface area contributed by atoms with Crippen LogP contribution in [-0.4, -0.2) is 159 Å². The van der Waals surface area contributed by atoms with Crippen LogP contribution < -0.4 is 65.1 Å². The summed E-state index contributed by atoms with van der Waals surface area (Å²) in [5.41, 5.74) is 19.4. The first-order chi connectivity index (χ1) is 43.7. The average molecular weight is 1280 g/mol. The number of phenolic OH excluding ortho intramolecular Hbond substituents is 1. The molecule has 0 unspecified atom stereocenters. The van der Waals surface area contributed by atoms with Gasteiger partial charge < -0.3 is 80.0 Å². The third kappa shape index (κ3) is 21.1. The molecule has 6 rings (SSSR count). The van der Waals surface area contributed by atoms with E-state index in [1.807, 2.05) is 27.7 Å². The molecule has 3 heterocycles. The van der Waals surface area contributed by atoms with E-state index in [2.05, 4.69) is 52.8 Å². The van der Waals surface area contributed by atoms with E-state index in [1.165, 1.54) is 29.2 Å². The first kappa shape index (κ1) is 71.7. The van der Waals surface area contributed by atoms with Crippen LogP contribution in [0.5, 0.6) is 5.75 Å². The number of aromatic hydroxyl groups is 1. The highest BCUT2D eigenvalue weighted by atomic mass is 16.3. The van der Waals surface area contributed by atoms with Gasteiger partial charge in [0.25, 0.3) is 0 Å². The molecule has 12 amide bonds. The van der Waals surface area contributed by atoms with E-state index in [1.54, 1.807) is 74.6 Å². The Balaban J connectivity index is 1.46. The Morgan fingerprint density at radius 1 is 0.522 bits per heavy atom. The maximum absolute atomic E-state index is 15.0. The largest absolute Gasteiger partial charge is 0.508 e. The topological polar surface area (TPSA) is 430 Å². The number of para-hydroxylation sites is 1. The van der Waals surface area contributed by atoms with E-state index in [4.69, 9.17) is 17.2 Å².